The molecule has 0 aromatic carbocycles. The van der Waals surface area contributed by atoms with E-state index in [1.54, 1.807) is 13.8 Å². The topological polar surface area (TPSA) is 110 Å². The predicted octanol–water partition coefficient (Wildman–Crippen LogP) is 1.46. The van der Waals surface area contributed by atoms with E-state index >= 15 is 0 Å². The quantitative estimate of drug-likeness (QED) is 0.730. The molecule has 21 heavy (non-hydrogen) atoms. The number of esters is 1. The highest BCUT2D eigenvalue weighted by atomic mass is 32.2. The second-order valence-electron chi connectivity index (χ2n) is 4.99. The number of methoxy groups -OCH3 is 1. The highest BCUT2D eigenvalue weighted by molar-refractivity contribution is 7.89. The van der Waals surface area contributed by atoms with E-state index < -0.39 is 27.5 Å². The molecule has 0 fully saturated rings. The van der Waals surface area contributed by atoms with E-state index in [4.69, 9.17) is 5.11 Å². The number of nitrogens with one attached hydrogen (secondary N) is 1. The monoisotopic (exact) mass is 335 g/mol. The molecule has 9 heteroatoms. The van der Waals surface area contributed by atoms with Crippen LogP contribution in [0.3, 0.4) is 0 Å². The minimum Gasteiger partial charge on any atom is -0.481 e. The Labute approximate surface area is 127 Å². The van der Waals surface area contributed by atoms with Crippen LogP contribution in [0.2, 0.25) is 0 Å². The molecule has 1 aromatic heterocycles. The summed E-state index contributed by atoms with van der Waals surface area (Å²) in [7, 11) is -2.77. The average molecular weight is 335 g/mol. The molecule has 0 spiro atoms. The molecule has 0 saturated carbocycles. The third-order valence-electron chi connectivity index (χ3n) is 2.66. The van der Waals surface area contributed by atoms with Gasteiger partial charge in [0.15, 0.2) is 0 Å². The van der Waals surface area contributed by atoms with Crippen molar-refractivity contribution in [2.24, 2.45) is 0 Å². The zero-order valence-corrected chi connectivity index (χ0v) is 13.5. The van der Waals surface area contributed by atoms with Gasteiger partial charge in [0.25, 0.3) is 0 Å². The van der Waals surface area contributed by atoms with Gasteiger partial charge < -0.3 is 9.84 Å². The standard InChI is InChI=1S/C12H17NO6S2/c1-12(2,6-4-9(14)15)13-21(17,18)8-5-7-20-10(8)11(16)19-3/h5,7,13H,4,6H2,1-3H3,(H,14,15). The van der Waals surface area contributed by atoms with Crippen LogP contribution in [-0.2, 0) is 19.6 Å². The molecule has 0 bridgehead atoms. The number of hydrogen-bond donors (Lipinski definition) is 2. The maximum Gasteiger partial charge on any atom is 0.349 e. The minimum absolute atomic E-state index is 0.0148. The Hall–Kier alpha value is -1.45. The molecule has 0 aliphatic rings. The SMILES string of the molecule is COC(=O)c1sccc1S(=O)(=O)NC(C)(C)CCC(=O)O. The molecule has 118 valence electrons. The molecule has 2 N–H and O–H groups in total. The first-order valence-corrected chi connectivity index (χ1v) is 8.37. The van der Waals surface area contributed by atoms with Crippen molar-refractivity contribution in [2.75, 3.05) is 7.11 Å². The van der Waals surface area contributed by atoms with Crippen LogP contribution in [-0.4, -0.2) is 38.1 Å². The van der Waals surface area contributed by atoms with Crippen LogP contribution < -0.4 is 4.72 Å². The Bertz CT molecular complexity index is 632. The first kappa shape index (κ1) is 17.6. The lowest BCUT2D eigenvalue weighted by Crippen LogP contribution is -2.43. The summed E-state index contributed by atoms with van der Waals surface area (Å²) < 4.78 is 31.6. The summed E-state index contributed by atoms with van der Waals surface area (Å²) in [6, 6.07) is 1.31. The number of ether oxygens (including phenoxy) is 1. The fourth-order valence-electron chi connectivity index (χ4n) is 1.64. The van der Waals surface area contributed by atoms with Gasteiger partial charge in [-0.05, 0) is 31.7 Å². The molecule has 0 unspecified atom stereocenters. The van der Waals surface area contributed by atoms with Crippen molar-refractivity contribution >= 4 is 33.3 Å². The van der Waals surface area contributed by atoms with Gasteiger partial charge in [0.1, 0.15) is 9.77 Å². The molecule has 7 nitrogen and oxygen atoms in total. The molecule has 1 aromatic rings. The molecule has 1 rings (SSSR count). The summed E-state index contributed by atoms with van der Waals surface area (Å²) in [6.45, 7) is 3.16. The van der Waals surface area contributed by atoms with Gasteiger partial charge in [-0.3, -0.25) is 4.79 Å². The molecular weight excluding hydrogens is 318 g/mol. The number of thiophene rings is 1. The van der Waals surface area contributed by atoms with Crippen molar-refractivity contribution in [3.8, 4) is 0 Å². The zero-order valence-electron chi connectivity index (χ0n) is 11.9. The Kier molecular flexibility index (Phi) is 5.48. The van der Waals surface area contributed by atoms with Gasteiger partial charge in [0.2, 0.25) is 10.0 Å². The lowest BCUT2D eigenvalue weighted by molar-refractivity contribution is -0.137. The smallest absolute Gasteiger partial charge is 0.349 e. The number of carbonyl (C=O) groups is 2. The van der Waals surface area contributed by atoms with Crippen molar-refractivity contribution in [3.63, 3.8) is 0 Å². The molecule has 0 aliphatic carbocycles. The largest absolute Gasteiger partial charge is 0.481 e. The van der Waals surface area contributed by atoms with E-state index in [0.29, 0.717) is 0 Å². The number of sulfonamides is 1. The number of carboxylic acids is 1. The Morgan fingerprint density at radius 3 is 2.57 bits per heavy atom. The van der Waals surface area contributed by atoms with E-state index in [1.165, 1.54) is 18.6 Å². The number of carboxylic acid groups (broad SMARTS) is 1. The number of aliphatic carboxylic acids is 1. The summed E-state index contributed by atoms with van der Waals surface area (Å²) in [5.41, 5.74) is -0.952. The van der Waals surface area contributed by atoms with Gasteiger partial charge >= 0.3 is 11.9 Å². The van der Waals surface area contributed by atoms with Gasteiger partial charge in [-0.2, -0.15) is 0 Å². The lowest BCUT2D eigenvalue weighted by Gasteiger charge is -2.25. The summed E-state index contributed by atoms with van der Waals surface area (Å²) in [4.78, 5) is 21.9. The van der Waals surface area contributed by atoms with Crippen LogP contribution in [0.15, 0.2) is 16.3 Å². The van der Waals surface area contributed by atoms with Crippen molar-refractivity contribution in [2.45, 2.75) is 37.1 Å². The van der Waals surface area contributed by atoms with E-state index in [9.17, 15) is 18.0 Å². The number of carbonyl (C=O) groups excluding carboxylic acids is 1. The van der Waals surface area contributed by atoms with E-state index in [0.717, 1.165) is 11.3 Å². The summed E-state index contributed by atoms with van der Waals surface area (Å²) in [5, 5.41) is 10.1. The van der Waals surface area contributed by atoms with Crippen molar-refractivity contribution < 1.29 is 27.9 Å². The maximum atomic E-state index is 12.3. The van der Waals surface area contributed by atoms with Crippen LogP contribution in [0.4, 0.5) is 0 Å². The maximum absolute atomic E-state index is 12.3. The summed E-state index contributed by atoms with van der Waals surface area (Å²) in [5.74, 6) is -1.73. The Morgan fingerprint density at radius 1 is 1.43 bits per heavy atom. The van der Waals surface area contributed by atoms with Crippen LogP contribution >= 0.6 is 11.3 Å². The van der Waals surface area contributed by atoms with Gasteiger partial charge in [0.05, 0.1) is 7.11 Å². The Balaban J connectivity index is 2.99. The van der Waals surface area contributed by atoms with Gasteiger partial charge in [-0.25, -0.2) is 17.9 Å². The summed E-state index contributed by atoms with van der Waals surface area (Å²) >= 11 is 0.966. The fourth-order valence-corrected chi connectivity index (χ4v) is 4.42. The first-order chi connectivity index (χ1) is 9.59. The van der Waals surface area contributed by atoms with Crippen LogP contribution in [0.1, 0.15) is 36.4 Å². The average Bonchev–Trinajstić information content (AvgIpc) is 2.84. The second-order valence-corrected chi connectivity index (χ2v) is 7.56. The van der Waals surface area contributed by atoms with Crippen molar-refractivity contribution in [1.82, 2.24) is 4.72 Å². The van der Waals surface area contributed by atoms with E-state index in [2.05, 4.69) is 9.46 Å². The number of hydrogen-bond acceptors (Lipinski definition) is 6. The van der Waals surface area contributed by atoms with Crippen LogP contribution in [0, 0.1) is 0 Å². The lowest BCUT2D eigenvalue weighted by atomic mass is 10.0. The van der Waals surface area contributed by atoms with E-state index in [-0.39, 0.29) is 22.6 Å². The van der Waals surface area contributed by atoms with Gasteiger partial charge in [-0.15, -0.1) is 11.3 Å². The zero-order chi connectivity index (χ0) is 16.3. The molecule has 0 atom stereocenters. The Morgan fingerprint density at radius 2 is 2.05 bits per heavy atom. The second kappa shape index (κ2) is 6.54. The molecular formula is C12H17NO6S2. The van der Waals surface area contributed by atoms with E-state index in [1.807, 2.05) is 0 Å². The predicted molar refractivity (Wildman–Crippen MR) is 76.9 cm³/mol. The fraction of sp³-hybridized carbons (Fsp3) is 0.500. The first-order valence-electron chi connectivity index (χ1n) is 6.00. The third-order valence-corrected chi connectivity index (χ3v) is 5.43. The normalized spacial score (nSPS) is 12.1. The third kappa shape index (κ3) is 4.80. The van der Waals surface area contributed by atoms with Crippen molar-refractivity contribution in [1.29, 1.82) is 0 Å². The highest BCUT2D eigenvalue weighted by Crippen LogP contribution is 2.25. The molecule has 1 heterocycles. The number of rotatable bonds is 7. The summed E-state index contributed by atoms with van der Waals surface area (Å²) in [6.07, 6.45) is -0.0394. The van der Waals surface area contributed by atoms with Gasteiger partial charge in [-0.1, -0.05) is 0 Å². The molecule has 0 radical (unpaired) electrons. The van der Waals surface area contributed by atoms with Crippen LogP contribution in [0.25, 0.3) is 0 Å². The highest BCUT2D eigenvalue weighted by Gasteiger charge is 2.30. The molecule has 0 aliphatic heterocycles. The molecule has 0 amide bonds. The minimum atomic E-state index is -3.94. The van der Waals surface area contributed by atoms with Crippen LogP contribution in [0.5, 0.6) is 0 Å². The van der Waals surface area contributed by atoms with Gasteiger partial charge in [0, 0.05) is 12.0 Å². The van der Waals surface area contributed by atoms with Crippen molar-refractivity contribution in [3.05, 3.63) is 16.3 Å². The molecule has 0 saturated heterocycles.